The summed E-state index contributed by atoms with van der Waals surface area (Å²) < 4.78 is 0. The van der Waals surface area contributed by atoms with Crippen LogP contribution in [0, 0.1) is 6.92 Å². The van der Waals surface area contributed by atoms with E-state index in [9.17, 15) is 0 Å². The average molecular weight is 269 g/mol. The van der Waals surface area contributed by atoms with Crippen LogP contribution in [0.5, 0.6) is 0 Å². The van der Waals surface area contributed by atoms with Crippen LogP contribution in [0.2, 0.25) is 0 Å². The van der Waals surface area contributed by atoms with Gasteiger partial charge >= 0.3 is 0 Å². The quantitative estimate of drug-likeness (QED) is 0.914. The molecule has 2 aromatic rings. The Morgan fingerprint density at radius 3 is 2.60 bits per heavy atom. The van der Waals surface area contributed by atoms with E-state index in [1.807, 2.05) is 0 Å². The highest BCUT2D eigenvalue weighted by Gasteiger charge is 2.17. The molecule has 3 nitrogen and oxygen atoms in total. The maximum Gasteiger partial charge on any atom is 0.136 e. The molecule has 1 aliphatic heterocycles. The number of rotatable bonds is 3. The summed E-state index contributed by atoms with van der Waals surface area (Å²) in [4.78, 5) is 7.23. The van der Waals surface area contributed by atoms with Gasteiger partial charge in [-0.3, -0.25) is 0 Å². The number of hydrogen-bond acceptors (Lipinski definition) is 3. The Bertz CT molecular complexity index is 613. The molecule has 1 aromatic carbocycles. The fourth-order valence-corrected chi connectivity index (χ4v) is 2.99. The van der Waals surface area contributed by atoms with E-state index in [4.69, 9.17) is 4.98 Å². The molecule has 1 saturated heterocycles. The van der Waals surface area contributed by atoms with Gasteiger partial charge in [0.25, 0.3) is 0 Å². The zero-order valence-corrected chi connectivity index (χ0v) is 12.6. The molecule has 0 radical (unpaired) electrons. The van der Waals surface area contributed by atoms with E-state index in [0.29, 0.717) is 6.04 Å². The molecule has 3 heteroatoms. The Hall–Kier alpha value is -1.77. The summed E-state index contributed by atoms with van der Waals surface area (Å²) in [6.45, 7) is 8.70. The molecule has 0 unspecified atom stereocenters. The SMILES string of the molecule is Cc1cc2c(NC(C)C)cccc2c(N2CCCC2)n1. The Balaban J connectivity index is 2.16. The zero-order valence-electron chi connectivity index (χ0n) is 12.6. The molecule has 1 aromatic heterocycles. The lowest BCUT2D eigenvalue weighted by Crippen LogP contribution is -2.20. The van der Waals surface area contributed by atoms with Crippen LogP contribution in [0.3, 0.4) is 0 Å². The molecule has 2 heterocycles. The molecule has 1 fully saturated rings. The van der Waals surface area contributed by atoms with Crippen molar-refractivity contribution in [2.75, 3.05) is 23.3 Å². The van der Waals surface area contributed by atoms with Gasteiger partial charge in [-0.25, -0.2) is 4.98 Å². The van der Waals surface area contributed by atoms with Crippen LogP contribution in [0.25, 0.3) is 10.8 Å². The molecule has 0 aliphatic carbocycles. The number of hydrogen-bond donors (Lipinski definition) is 1. The third-order valence-corrected chi connectivity index (χ3v) is 3.83. The number of nitrogens with one attached hydrogen (secondary N) is 1. The van der Waals surface area contributed by atoms with Crippen LogP contribution in [-0.4, -0.2) is 24.1 Å². The molecule has 0 atom stereocenters. The van der Waals surface area contributed by atoms with Crippen molar-refractivity contribution < 1.29 is 0 Å². The zero-order chi connectivity index (χ0) is 14.1. The highest BCUT2D eigenvalue weighted by molar-refractivity contribution is 6.00. The number of pyridine rings is 1. The van der Waals surface area contributed by atoms with E-state index in [0.717, 1.165) is 24.6 Å². The number of nitrogens with zero attached hydrogens (tertiary/aromatic N) is 2. The first-order chi connectivity index (χ1) is 9.65. The minimum absolute atomic E-state index is 0.435. The van der Waals surface area contributed by atoms with Crippen molar-refractivity contribution in [2.45, 2.75) is 39.7 Å². The van der Waals surface area contributed by atoms with Crippen molar-refractivity contribution >= 4 is 22.3 Å². The molecule has 0 bridgehead atoms. The predicted octanol–water partition coefficient (Wildman–Crippen LogP) is 3.96. The summed E-state index contributed by atoms with van der Waals surface area (Å²) >= 11 is 0. The predicted molar refractivity (Wildman–Crippen MR) is 86.7 cm³/mol. The van der Waals surface area contributed by atoms with Crippen LogP contribution in [-0.2, 0) is 0 Å². The van der Waals surface area contributed by atoms with Crippen molar-refractivity contribution in [2.24, 2.45) is 0 Å². The van der Waals surface area contributed by atoms with Crippen LogP contribution in [0.1, 0.15) is 32.4 Å². The van der Waals surface area contributed by atoms with Gasteiger partial charge in [-0.15, -0.1) is 0 Å². The van der Waals surface area contributed by atoms with E-state index in [1.165, 1.54) is 29.3 Å². The first kappa shape index (κ1) is 13.2. The lowest BCUT2D eigenvalue weighted by atomic mass is 10.1. The first-order valence-corrected chi connectivity index (χ1v) is 7.57. The molecule has 3 rings (SSSR count). The smallest absolute Gasteiger partial charge is 0.136 e. The van der Waals surface area contributed by atoms with Crippen molar-refractivity contribution in [3.63, 3.8) is 0 Å². The molecule has 1 aliphatic rings. The fraction of sp³-hybridized carbons (Fsp3) is 0.471. The molecule has 20 heavy (non-hydrogen) atoms. The molecule has 0 amide bonds. The fourth-order valence-electron chi connectivity index (χ4n) is 2.99. The van der Waals surface area contributed by atoms with Crippen molar-refractivity contribution in [1.29, 1.82) is 0 Å². The topological polar surface area (TPSA) is 28.2 Å². The van der Waals surface area contributed by atoms with Crippen LogP contribution in [0.4, 0.5) is 11.5 Å². The van der Waals surface area contributed by atoms with E-state index in [2.05, 4.69) is 55.3 Å². The second-order valence-electron chi connectivity index (χ2n) is 5.98. The maximum atomic E-state index is 4.80. The summed E-state index contributed by atoms with van der Waals surface area (Å²) in [6, 6.07) is 9.11. The lowest BCUT2D eigenvalue weighted by Gasteiger charge is -2.21. The van der Waals surface area contributed by atoms with Gasteiger partial charge in [0.15, 0.2) is 0 Å². The monoisotopic (exact) mass is 269 g/mol. The van der Waals surface area contributed by atoms with Gasteiger partial charge in [0.2, 0.25) is 0 Å². The van der Waals surface area contributed by atoms with E-state index in [-0.39, 0.29) is 0 Å². The highest BCUT2D eigenvalue weighted by Crippen LogP contribution is 2.32. The number of anilines is 2. The van der Waals surface area contributed by atoms with Gasteiger partial charge in [0, 0.05) is 41.3 Å². The minimum Gasteiger partial charge on any atom is -0.382 e. The summed E-state index contributed by atoms with van der Waals surface area (Å²) in [5, 5.41) is 6.10. The normalized spacial score (nSPS) is 15.3. The average Bonchev–Trinajstić information content (AvgIpc) is 2.92. The van der Waals surface area contributed by atoms with E-state index in [1.54, 1.807) is 0 Å². The van der Waals surface area contributed by atoms with Crippen molar-refractivity contribution in [3.05, 3.63) is 30.0 Å². The molecular formula is C17H23N3. The summed E-state index contributed by atoms with van der Waals surface area (Å²) in [7, 11) is 0. The van der Waals surface area contributed by atoms with Gasteiger partial charge in [-0.2, -0.15) is 0 Å². The van der Waals surface area contributed by atoms with Gasteiger partial charge in [-0.1, -0.05) is 12.1 Å². The second kappa shape index (κ2) is 5.31. The summed E-state index contributed by atoms with van der Waals surface area (Å²) in [5.74, 6) is 1.16. The van der Waals surface area contributed by atoms with Crippen molar-refractivity contribution in [1.82, 2.24) is 4.98 Å². The van der Waals surface area contributed by atoms with E-state index >= 15 is 0 Å². The van der Waals surface area contributed by atoms with Crippen molar-refractivity contribution in [3.8, 4) is 0 Å². The Labute approximate surface area is 121 Å². The van der Waals surface area contributed by atoms with Gasteiger partial charge in [0.05, 0.1) is 0 Å². The third-order valence-electron chi connectivity index (χ3n) is 3.83. The van der Waals surface area contributed by atoms with Gasteiger partial charge in [-0.05, 0) is 45.7 Å². The van der Waals surface area contributed by atoms with Crippen LogP contribution >= 0.6 is 0 Å². The molecule has 0 spiro atoms. The van der Waals surface area contributed by atoms with E-state index < -0.39 is 0 Å². The molecular weight excluding hydrogens is 246 g/mol. The second-order valence-corrected chi connectivity index (χ2v) is 5.98. The number of aryl methyl sites for hydroxylation is 1. The van der Waals surface area contributed by atoms with Gasteiger partial charge < -0.3 is 10.2 Å². The van der Waals surface area contributed by atoms with Gasteiger partial charge in [0.1, 0.15) is 5.82 Å². The lowest BCUT2D eigenvalue weighted by molar-refractivity contribution is 0.901. The Kier molecular flexibility index (Phi) is 3.51. The number of benzene rings is 1. The number of aromatic nitrogens is 1. The highest BCUT2D eigenvalue weighted by atomic mass is 15.2. The Morgan fingerprint density at radius 1 is 1.15 bits per heavy atom. The summed E-state index contributed by atoms with van der Waals surface area (Å²) in [6.07, 6.45) is 2.56. The minimum atomic E-state index is 0.435. The molecule has 106 valence electrons. The third kappa shape index (κ3) is 2.45. The largest absolute Gasteiger partial charge is 0.382 e. The number of fused-ring (bicyclic) bond motifs is 1. The van der Waals surface area contributed by atoms with Crippen LogP contribution < -0.4 is 10.2 Å². The Morgan fingerprint density at radius 2 is 1.90 bits per heavy atom. The maximum absolute atomic E-state index is 4.80. The summed E-state index contributed by atoms with van der Waals surface area (Å²) in [5.41, 5.74) is 2.31. The molecule has 0 saturated carbocycles. The first-order valence-electron chi connectivity index (χ1n) is 7.57. The van der Waals surface area contributed by atoms with Crippen LogP contribution in [0.15, 0.2) is 24.3 Å². The molecule has 1 N–H and O–H groups in total. The standard InChI is InChI=1S/C17H23N3/c1-12(2)18-16-8-6-7-14-15(16)11-13(3)19-17(14)20-9-4-5-10-20/h6-8,11-12,18H,4-5,9-10H2,1-3H3.